The molecule has 1 heterocycles. The van der Waals surface area contributed by atoms with Crippen molar-refractivity contribution in [3.63, 3.8) is 0 Å². The number of ether oxygens (including phenoxy) is 1. The van der Waals surface area contributed by atoms with Gasteiger partial charge in [0.15, 0.2) is 0 Å². The molecule has 0 unspecified atom stereocenters. The Balaban J connectivity index is 1.89. The lowest BCUT2D eigenvalue weighted by Gasteiger charge is -2.23. The predicted octanol–water partition coefficient (Wildman–Crippen LogP) is 5.85. The van der Waals surface area contributed by atoms with Crippen molar-refractivity contribution in [3.8, 4) is 11.1 Å². The van der Waals surface area contributed by atoms with E-state index in [1.165, 1.54) is 22.3 Å². The molecule has 0 N–H and O–H groups in total. The maximum Gasteiger partial charge on any atom is 0.113 e. The predicted molar refractivity (Wildman–Crippen MR) is 107 cm³/mol. The molecule has 2 aromatic rings. The van der Waals surface area contributed by atoms with Gasteiger partial charge in [-0.3, -0.25) is 4.99 Å². The molecule has 3 rings (SSSR count). The van der Waals surface area contributed by atoms with Crippen molar-refractivity contribution >= 4 is 17.3 Å². The fourth-order valence-electron chi connectivity index (χ4n) is 3.64. The van der Waals surface area contributed by atoms with E-state index in [1.54, 1.807) is 0 Å². The Bertz CT molecular complexity index is 705. The summed E-state index contributed by atoms with van der Waals surface area (Å²) in [6.45, 7) is 3.96. The van der Waals surface area contributed by atoms with Crippen molar-refractivity contribution in [3.05, 3.63) is 59.7 Å². The minimum Gasteiger partial charge on any atom is -0.381 e. The third kappa shape index (κ3) is 4.71. The summed E-state index contributed by atoms with van der Waals surface area (Å²) in [4.78, 5) is 4.68. The summed E-state index contributed by atoms with van der Waals surface area (Å²) < 4.78 is 5.48. The van der Waals surface area contributed by atoms with Gasteiger partial charge >= 0.3 is 0 Å². The molecule has 0 saturated carbocycles. The molecule has 2 nitrogen and oxygen atoms in total. The molecule has 1 fully saturated rings. The van der Waals surface area contributed by atoms with Gasteiger partial charge in [-0.15, -0.1) is 11.6 Å². The molecule has 0 spiro atoms. The summed E-state index contributed by atoms with van der Waals surface area (Å²) in [6.07, 6.45) is 4.45. The van der Waals surface area contributed by atoms with Gasteiger partial charge in [-0.05, 0) is 55.2 Å². The highest BCUT2D eigenvalue weighted by Crippen LogP contribution is 2.29. The van der Waals surface area contributed by atoms with E-state index in [2.05, 4.69) is 60.4 Å². The van der Waals surface area contributed by atoms with Crippen LogP contribution in [-0.4, -0.2) is 24.9 Å². The molecule has 132 valence electrons. The molecule has 0 aliphatic carbocycles. The Hall–Kier alpha value is -1.64. The van der Waals surface area contributed by atoms with Gasteiger partial charge < -0.3 is 4.74 Å². The summed E-state index contributed by atoms with van der Waals surface area (Å²) in [6, 6.07) is 17.3. The van der Waals surface area contributed by atoms with Crippen LogP contribution in [0.3, 0.4) is 0 Å². The van der Waals surface area contributed by atoms with Crippen LogP contribution < -0.4 is 0 Å². The van der Waals surface area contributed by atoms with E-state index in [4.69, 9.17) is 16.3 Å². The van der Waals surface area contributed by atoms with Crippen LogP contribution in [0.4, 0.5) is 0 Å². The van der Waals surface area contributed by atoms with Crippen molar-refractivity contribution in [1.29, 1.82) is 0 Å². The molecule has 1 aliphatic heterocycles. The second kappa shape index (κ2) is 9.17. The lowest BCUT2D eigenvalue weighted by Crippen LogP contribution is -2.17. The summed E-state index contributed by atoms with van der Waals surface area (Å²) >= 11 is 6.01. The van der Waals surface area contributed by atoms with Crippen LogP contribution >= 0.6 is 11.6 Å². The van der Waals surface area contributed by atoms with Crippen LogP contribution in [0.15, 0.2) is 53.5 Å². The van der Waals surface area contributed by atoms with Crippen LogP contribution in [-0.2, 0) is 4.74 Å². The van der Waals surface area contributed by atoms with E-state index in [0.29, 0.717) is 6.00 Å². The second-order valence-electron chi connectivity index (χ2n) is 6.68. The largest absolute Gasteiger partial charge is 0.381 e. The van der Waals surface area contributed by atoms with Gasteiger partial charge in [0, 0.05) is 24.5 Å². The van der Waals surface area contributed by atoms with Crippen molar-refractivity contribution in [1.82, 2.24) is 0 Å². The molecular weight excluding hydrogens is 330 g/mol. The number of rotatable bonds is 6. The number of hydrogen-bond donors (Lipinski definition) is 0. The number of nitrogens with zero attached hydrogens (tertiary/aromatic N) is 1. The summed E-state index contributed by atoms with van der Waals surface area (Å²) in [7, 11) is 0. The highest BCUT2D eigenvalue weighted by Gasteiger charge is 2.18. The van der Waals surface area contributed by atoms with Crippen LogP contribution in [0.2, 0.25) is 0 Å². The van der Waals surface area contributed by atoms with E-state index in [9.17, 15) is 0 Å². The second-order valence-corrected chi connectivity index (χ2v) is 6.92. The summed E-state index contributed by atoms with van der Waals surface area (Å²) in [5, 5.41) is 0. The molecule has 0 radical (unpaired) electrons. The van der Waals surface area contributed by atoms with Crippen molar-refractivity contribution in [2.24, 2.45) is 10.9 Å². The van der Waals surface area contributed by atoms with Gasteiger partial charge in [0.2, 0.25) is 0 Å². The SMILES string of the molecule is Cc1cccc(-c2ccccc2)c1C(CCC1CCOCC1)=NCCl. The maximum atomic E-state index is 6.01. The monoisotopic (exact) mass is 355 g/mol. The number of halogens is 1. The molecule has 1 saturated heterocycles. The van der Waals surface area contributed by atoms with Gasteiger partial charge in [0.1, 0.15) is 6.00 Å². The van der Waals surface area contributed by atoms with Crippen molar-refractivity contribution in [2.45, 2.75) is 32.6 Å². The molecule has 1 aliphatic rings. The zero-order valence-corrected chi connectivity index (χ0v) is 15.6. The van der Waals surface area contributed by atoms with Crippen LogP contribution in [0.5, 0.6) is 0 Å². The minimum atomic E-state index is 0.311. The zero-order chi connectivity index (χ0) is 17.5. The Morgan fingerprint density at radius 3 is 2.56 bits per heavy atom. The first-order valence-corrected chi connectivity index (χ1v) is 9.65. The summed E-state index contributed by atoms with van der Waals surface area (Å²) in [5.74, 6) is 0.735. The average Bonchev–Trinajstić information content (AvgIpc) is 2.67. The standard InChI is InChI=1S/C22H26ClNO/c1-17-6-5-9-20(19-7-3-2-4-8-19)22(17)21(24-16-23)11-10-18-12-14-25-15-13-18/h2-9,18H,10-16H2,1H3. The molecule has 25 heavy (non-hydrogen) atoms. The Labute approximate surface area is 155 Å². The fraction of sp³-hybridized carbons (Fsp3) is 0.409. The van der Waals surface area contributed by atoms with Gasteiger partial charge in [-0.2, -0.15) is 0 Å². The first-order valence-electron chi connectivity index (χ1n) is 9.12. The van der Waals surface area contributed by atoms with Crippen LogP contribution in [0, 0.1) is 12.8 Å². The number of aliphatic imine (C=N–C) groups is 1. The molecular formula is C22H26ClNO. The molecule has 0 amide bonds. The zero-order valence-electron chi connectivity index (χ0n) is 14.9. The summed E-state index contributed by atoms with van der Waals surface area (Å²) in [5.41, 5.74) is 6.13. The Kier molecular flexibility index (Phi) is 6.66. The highest BCUT2D eigenvalue weighted by molar-refractivity contribution is 6.19. The van der Waals surface area contributed by atoms with Gasteiger partial charge in [0.05, 0.1) is 0 Å². The van der Waals surface area contributed by atoms with Crippen LogP contribution in [0.25, 0.3) is 11.1 Å². The number of alkyl halides is 1. The average molecular weight is 356 g/mol. The quantitative estimate of drug-likeness (QED) is 0.361. The van der Waals surface area contributed by atoms with E-state index in [1.807, 2.05) is 0 Å². The fourth-order valence-corrected chi connectivity index (χ4v) is 3.78. The highest BCUT2D eigenvalue weighted by atomic mass is 35.5. The lowest BCUT2D eigenvalue weighted by molar-refractivity contribution is 0.0645. The van der Waals surface area contributed by atoms with Gasteiger partial charge in [-0.1, -0.05) is 48.5 Å². The molecule has 3 heteroatoms. The van der Waals surface area contributed by atoms with E-state index >= 15 is 0 Å². The molecule has 2 aromatic carbocycles. The first-order chi connectivity index (χ1) is 12.3. The Morgan fingerprint density at radius 1 is 1.08 bits per heavy atom. The smallest absolute Gasteiger partial charge is 0.113 e. The van der Waals surface area contributed by atoms with Gasteiger partial charge in [0.25, 0.3) is 0 Å². The molecule has 0 atom stereocenters. The van der Waals surface area contributed by atoms with E-state index in [0.717, 1.165) is 50.5 Å². The normalized spacial score (nSPS) is 16.2. The molecule has 0 aromatic heterocycles. The lowest BCUT2D eigenvalue weighted by atomic mass is 9.88. The third-order valence-electron chi connectivity index (χ3n) is 5.03. The molecule has 0 bridgehead atoms. The van der Waals surface area contributed by atoms with E-state index < -0.39 is 0 Å². The number of benzene rings is 2. The minimum absolute atomic E-state index is 0.311. The topological polar surface area (TPSA) is 21.6 Å². The van der Waals surface area contributed by atoms with E-state index in [-0.39, 0.29) is 0 Å². The van der Waals surface area contributed by atoms with Crippen molar-refractivity contribution in [2.75, 3.05) is 19.2 Å². The van der Waals surface area contributed by atoms with Crippen molar-refractivity contribution < 1.29 is 4.74 Å². The first kappa shape index (κ1) is 18.2. The number of hydrogen-bond acceptors (Lipinski definition) is 2. The number of aryl methyl sites for hydroxylation is 1. The maximum absolute atomic E-state index is 6.01. The Morgan fingerprint density at radius 2 is 1.84 bits per heavy atom. The van der Waals surface area contributed by atoms with Gasteiger partial charge in [-0.25, -0.2) is 0 Å². The van der Waals surface area contributed by atoms with Crippen LogP contribution in [0.1, 0.15) is 36.8 Å². The third-order valence-corrected chi connectivity index (χ3v) is 5.15.